The van der Waals surface area contributed by atoms with Gasteiger partial charge in [-0.25, -0.2) is 0 Å². The standard InChI is InChI=1S/C22H22N4O5/c1-26(2)21(28)14-30-17-10-8-16(9-11-17)24-20(27)13-23-22(29)18-12-19(31-25-18)15-6-4-3-5-7-15/h3-12H,13-14H2,1-2H3,(H,23,29)(H,24,27). The summed E-state index contributed by atoms with van der Waals surface area (Å²) in [6.07, 6.45) is 0. The highest BCUT2D eigenvalue weighted by molar-refractivity contribution is 5.98. The predicted octanol–water partition coefficient (Wildman–Crippen LogP) is 2.18. The van der Waals surface area contributed by atoms with Gasteiger partial charge in [0.2, 0.25) is 5.91 Å². The zero-order valence-electron chi connectivity index (χ0n) is 17.1. The molecule has 160 valence electrons. The number of rotatable bonds is 8. The number of hydrogen-bond donors (Lipinski definition) is 2. The van der Waals surface area contributed by atoms with Crippen LogP contribution in [-0.4, -0.2) is 55.0 Å². The summed E-state index contributed by atoms with van der Waals surface area (Å²) in [7, 11) is 3.29. The topological polar surface area (TPSA) is 114 Å². The molecule has 0 aliphatic rings. The van der Waals surface area contributed by atoms with E-state index in [1.54, 1.807) is 38.4 Å². The van der Waals surface area contributed by atoms with E-state index in [-0.39, 0.29) is 24.8 Å². The molecule has 0 aliphatic heterocycles. The second-order valence-corrected chi connectivity index (χ2v) is 6.77. The van der Waals surface area contributed by atoms with Crippen molar-refractivity contribution >= 4 is 23.4 Å². The first-order valence-corrected chi connectivity index (χ1v) is 9.45. The molecule has 31 heavy (non-hydrogen) atoms. The van der Waals surface area contributed by atoms with E-state index in [0.29, 0.717) is 17.2 Å². The third kappa shape index (κ3) is 6.17. The average Bonchev–Trinajstić information content (AvgIpc) is 3.28. The Balaban J connectivity index is 1.46. The summed E-state index contributed by atoms with van der Waals surface area (Å²) in [5.41, 5.74) is 1.41. The third-order valence-corrected chi connectivity index (χ3v) is 4.21. The molecular formula is C22H22N4O5. The summed E-state index contributed by atoms with van der Waals surface area (Å²) in [4.78, 5) is 37.3. The number of carbonyl (C=O) groups is 3. The number of carbonyl (C=O) groups excluding carboxylic acids is 3. The van der Waals surface area contributed by atoms with Crippen LogP contribution >= 0.6 is 0 Å². The van der Waals surface area contributed by atoms with Crippen LogP contribution in [-0.2, 0) is 9.59 Å². The summed E-state index contributed by atoms with van der Waals surface area (Å²) in [5, 5.41) is 8.91. The maximum atomic E-state index is 12.2. The number of amides is 3. The number of nitrogens with zero attached hydrogens (tertiary/aromatic N) is 2. The summed E-state index contributed by atoms with van der Waals surface area (Å²) < 4.78 is 10.6. The van der Waals surface area contributed by atoms with Gasteiger partial charge in [0.25, 0.3) is 11.8 Å². The van der Waals surface area contributed by atoms with Crippen molar-refractivity contribution in [1.29, 1.82) is 0 Å². The van der Waals surface area contributed by atoms with Gasteiger partial charge in [-0.1, -0.05) is 35.5 Å². The molecule has 0 bridgehead atoms. The lowest BCUT2D eigenvalue weighted by Crippen LogP contribution is -2.33. The lowest BCUT2D eigenvalue weighted by Gasteiger charge is -2.11. The first kappa shape index (κ1) is 21.6. The summed E-state index contributed by atoms with van der Waals surface area (Å²) in [5.74, 6) is -0.116. The van der Waals surface area contributed by atoms with Crippen molar-refractivity contribution in [2.45, 2.75) is 0 Å². The second kappa shape index (κ2) is 10.1. The van der Waals surface area contributed by atoms with Gasteiger partial charge in [0.1, 0.15) is 5.75 Å². The van der Waals surface area contributed by atoms with E-state index in [1.807, 2.05) is 30.3 Å². The summed E-state index contributed by atoms with van der Waals surface area (Å²) in [6, 6.07) is 17.3. The molecule has 3 amide bonds. The Morgan fingerprint density at radius 2 is 1.74 bits per heavy atom. The summed E-state index contributed by atoms with van der Waals surface area (Å²) >= 11 is 0. The fourth-order valence-corrected chi connectivity index (χ4v) is 2.49. The first-order valence-electron chi connectivity index (χ1n) is 9.45. The predicted molar refractivity (Wildman–Crippen MR) is 114 cm³/mol. The van der Waals surface area contributed by atoms with E-state index in [2.05, 4.69) is 15.8 Å². The van der Waals surface area contributed by atoms with Crippen LogP contribution in [0, 0.1) is 0 Å². The highest BCUT2D eigenvalue weighted by atomic mass is 16.5. The van der Waals surface area contributed by atoms with Crippen LogP contribution in [0.3, 0.4) is 0 Å². The molecule has 0 saturated carbocycles. The van der Waals surface area contributed by atoms with Crippen molar-refractivity contribution in [3.63, 3.8) is 0 Å². The molecule has 3 aromatic rings. The van der Waals surface area contributed by atoms with E-state index in [0.717, 1.165) is 5.56 Å². The minimum absolute atomic E-state index is 0.0707. The van der Waals surface area contributed by atoms with Crippen LogP contribution in [0.4, 0.5) is 5.69 Å². The minimum Gasteiger partial charge on any atom is -0.484 e. The lowest BCUT2D eigenvalue weighted by atomic mass is 10.1. The van der Waals surface area contributed by atoms with Crippen LogP contribution in [0.1, 0.15) is 10.5 Å². The Hall–Kier alpha value is -4.14. The monoisotopic (exact) mass is 422 g/mol. The van der Waals surface area contributed by atoms with Gasteiger partial charge in [-0.15, -0.1) is 0 Å². The molecule has 2 N–H and O–H groups in total. The number of benzene rings is 2. The van der Waals surface area contributed by atoms with Gasteiger partial charge in [-0.3, -0.25) is 14.4 Å². The van der Waals surface area contributed by atoms with Crippen molar-refractivity contribution in [2.75, 3.05) is 32.6 Å². The van der Waals surface area contributed by atoms with Gasteiger partial charge in [0.05, 0.1) is 6.54 Å². The molecular weight excluding hydrogens is 400 g/mol. The molecule has 2 aromatic carbocycles. The Morgan fingerprint density at radius 3 is 2.42 bits per heavy atom. The first-order chi connectivity index (χ1) is 14.9. The molecule has 3 rings (SSSR count). The number of nitrogens with one attached hydrogen (secondary N) is 2. The van der Waals surface area contributed by atoms with Crippen LogP contribution in [0.25, 0.3) is 11.3 Å². The quantitative estimate of drug-likeness (QED) is 0.575. The minimum atomic E-state index is -0.518. The van der Waals surface area contributed by atoms with Gasteiger partial charge in [0.15, 0.2) is 18.1 Å². The van der Waals surface area contributed by atoms with Gasteiger partial charge < -0.3 is 24.8 Å². The third-order valence-electron chi connectivity index (χ3n) is 4.21. The number of aromatic nitrogens is 1. The van der Waals surface area contributed by atoms with E-state index >= 15 is 0 Å². The van der Waals surface area contributed by atoms with Gasteiger partial charge in [0, 0.05) is 31.4 Å². The highest BCUT2D eigenvalue weighted by Crippen LogP contribution is 2.19. The van der Waals surface area contributed by atoms with Gasteiger partial charge in [-0.2, -0.15) is 0 Å². The number of likely N-dealkylation sites (N-methyl/N-ethyl adjacent to an activating group) is 1. The Bertz CT molecular complexity index is 1050. The molecule has 0 spiro atoms. The van der Waals surface area contributed by atoms with Crippen LogP contribution in [0.2, 0.25) is 0 Å². The van der Waals surface area contributed by atoms with E-state index < -0.39 is 11.8 Å². The van der Waals surface area contributed by atoms with Crippen molar-refractivity contribution in [3.05, 3.63) is 66.4 Å². The molecule has 0 saturated heterocycles. The van der Waals surface area contributed by atoms with E-state index in [4.69, 9.17) is 9.26 Å². The molecule has 1 aromatic heterocycles. The van der Waals surface area contributed by atoms with Crippen LogP contribution in [0.15, 0.2) is 65.2 Å². The van der Waals surface area contributed by atoms with Crippen molar-refractivity contribution < 1.29 is 23.6 Å². The molecule has 9 heteroatoms. The average molecular weight is 422 g/mol. The molecule has 0 fully saturated rings. The van der Waals surface area contributed by atoms with Gasteiger partial charge in [-0.05, 0) is 24.3 Å². The molecule has 0 unspecified atom stereocenters. The van der Waals surface area contributed by atoms with Crippen LogP contribution in [0.5, 0.6) is 5.75 Å². The number of anilines is 1. The zero-order valence-corrected chi connectivity index (χ0v) is 17.1. The van der Waals surface area contributed by atoms with Crippen LogP contribution < -0.4 is 15.4 Å². The Kier molecular flexibility index (Phi) is 7.00. The van der Waals surface area contributed by atoms with Crippen molar-refractivity contribution in [2.24, 2.45) is 0 Å². The smallest absolute Gasteiger partial charge is 0.273 e. The fraction of sp³-hybridized carbons (Fsp3) is 0.182. The fourth-order valence-electron chi connectivity index (χ4n) is 2.49. The summed E-state index contributed by atoms with van der Waals surface area (Å²) in [6.45, 7) is -0.305. The highest BCUT2D eigenvalue weighted by Gasteiger charge is 2.14. The maximum Gasteiger partial charge on any atom is 0.273 e. The normalized spacial score (nSPS) is 10.3. The Morgan fingerprint density at radius 1 is 1.03 bits per heavy atom. The largest absolute Gasteiger partial charge is 0.484 e. The van der Waals surface area contributed by atoms with Crippen molar-refractivity contribution in [3.8, 4) is 17.1 Å². The molecule has 0 radical (unpaired) electrons. The maximum absolute atomic E-state index is 12.2. The van der Waals surface area contributed by atoms with E-state index in [1.165, 1.54) is 11.0 Å². The molecule has 1 heterocycles. The molecule has 9 nitrogen and oxygen atoms in total. The molecule has 0 aliphatic carbocycles. The zero-order chi connectivity index (χ0) is 22.2. The second-order valence-electron chi connectivity index (χ2n) is 6.77. The van der Waals surface area contributed by atoms with Crippen molar-refractivity contribution in [1.82, 2.24) is 15.4 Å². The lowest BCUT2D eigenvalue weighted by molar-refractivity contribution is -0.130. The Labute approximate surface area is 179 Å². The van der Waals surface area contributed by atoms with E-state index in [9.17, 15) is 14.4 Å². The van der Waals surface area contributed by atoms with Gasteiger partial charge >= 0.3 is 0 Å². The number of hydrogen-bond acceptors (Lipinski definition) is 6. The number of ether oxygens (including phenoxy) is 1. The SMILES string of the molecule is CN(C)C(=O)COc1ccc(NC(=O)CNC(=O)c2cc(-c3ccccc3)on2)cc1. The molecule has 0 atom stereocenters.